The Morgan fingerprint density at radius 1 is 1.08 bits per heavy atom. The van der Waals surface area contributed by atoms with Crippen LogP contribution in [0.5, 0.6) is 0 Å². The zero-order chi connectivity index (χ0) is 26.1. The molecule has 37 heavy (non-hydrogen) atoms. The molecule has 0 saturated heterocycles. The minimum Gasteiger partial charge on any atom is -0.503 e. The monoisotopic (exact) mass is 530 g/mol. The van der Waals surface area contributed by atoms with Crippen molar-refractivity contribution >= 4 is 62.0 Å². The molecule has 1 aliphatic heterocycles. The number of halogens is 1. The summed E-state index contributed by atoms with van der Waals surface area (Å²) in [6.07, 6.45) is 2.94. The van der Waals surface area contributed by atoms with Crippen LogP contribution < -0.4 is 4.90 Å². The number of carbonyl (C=O) groups excluding carboxylic acids is 3. The highest BCUT2D eigenvalue weighted by molar-refractivity contribution is 7.22. The maximum Gasteiger partial charge on any atom is 0.337 e. The predicted octanol–water partition coefficient (Wildman–Crippen LogP) is 5.92. The van der Waals surface area contributed by atoms with Gasteiger partial charge >= 0.3 is 5.97 Å². The van der Waals surface area contributed by atoms with Gasteiger partial charge in [0, 0.05) is 5.02 Å². The fourth-order valence-electron chi connectivity index (χ4n) is 4.10. The fraction of sp³-hybridized carbons (Fsp3) is 0.0714. The van der Waals surface area contributed by atoms with E-state index in [1.807, 2.05) is 30.3 Å². The lowest BCUT2D eigenvalue weighted by Gasteiger charge is -2.24. The smallest absolute Gasteiger partial charge is 0.337 e. The molecule has 3 aromatic carbocycles. The Bertz CT molecular complexity index is 1590. The molecule has 1 unspecified atom stereocenters. The maximum atomic E-state index is 13.4. The van der Waals surface area contributed by atoms with E-state index in [9.17, 15) is 19.5 Å². The van der Waals surface area contributed by atoms with E-state index >= 15 is 0 Å². The molecule has 0 spiro atoms. The van der Waals surface area contributed by atoms with Crippen LogP contribution in [0, 0.1) is 0 Å². The Morgan fingerprint density at radius 2 is 1.81 bits per heavy atom. The lowest BCUT2D eigenvalue weighted by Crippen LogP contribution is -2.30. The third-order valence-electron chi connectivity index (χ3n) is 5.89. The molecule has 4 aromatic rings. The van der Waals surface area contributed by atoms with Gasteiger partial charge < -0.3 is 9.84 Å². The summed E-state index contributed by atoms with van der Waals surface area (Å²) in [6, 6.07) is 19.7. The van der Waals surface area contributed by atoms with Gasteiger partial charge in [0.25, 0.3) is 5.91 Å². The highest BCUT2D eigenvalue weighted by atomic mass is 35.5. The number of esters is 1. The number of allylic oxidation sites excluding steroid dienone is 1. The Labute approximate surface area is 220 Å². The number of aliphatic hydroxyl groups excluding tert-OH is 1. The molecule has 1 atom stereocenters. The minimum atomic E-state index is -0.969. The Hall–Kier alpha value is -4.27. The Morgan fingerprint density at radius 3 is 2.51 bits per heavy atom. The van der Waals surface area contributed by atoms with Crippen molar-refractivity contribution in [3.63, 3.8) is 0 Å². The zero-order valence-electron chi connectivity index (χ0n) is 19.4. The van der Waals surface area contributed by atoms with Gasteiger partial charge in [-0.15, -0.1) is 0 Å². The van der Waals surface area contributed by atoms with Crippen molar-refractivity contribution < 1.29 is 24.2 Å². The van der Waals surface area contributed by atoms with Crippen LogP contribution in [0.15, 0.2) is 90.2 Å². The number of methoxy groups -OCH3 is 1. The average molecular weight is 531 g/mol. The van der Waals surface area contributed by atoms with E-state index in [-0.39, 0.29) is 5.57 Å². The summed E-state index contributed by atoms with van der Waals surface area (Å²) in [5, 5.41) is 11.7. The third-order valence-corrected chi connectivity index (χ3v) is 7.15. The molecular formula is C28H19ClN2O5S. The van der Waals surface area contributed by atoms with Crippen molar-refractivity contribution in [2.45, 2.75) is 6.04 Å². The first-order chi connectivity index (χ1) is 17.9. The molecule has 0 bridgehead atoms. The number of thiazole rings is 1. The van der Waals surface area contributed by atoms with Crippen LogP contribution in [0.1, 0.15) is 27.5 Å². The fourth-order valence-corrected chi connectivity index (χ4v) is 5.37. The molecule has 2 heterocycles. The molecule has 0 fully saturated rings. The van der Waals surface area contributed by atoms with E-state index in [4.69, 9.17) is 16.3 Å². The van der Waals surface area contributed by atoms with E-state index in [0.29, 0.717) is 26.8 Å². The van der Waals surface area contributed by atoms with E-state index in [1.54, 1.807) is 48.5 Å². The number of ketones is 1. The molecule has 0 aliphatic carbocycles. The summed E-state index contributed by atoms with van der Waals surface area (Å²) in [6.45, 7) is 0. The number of anilines is 1. The van der Waals surface area contributed by atoms with Gasteiger partial charge in [-0.25, -0.2) is 9.78 Å². The van der Waals surface area contributed by atoms with Crippen LogP contribution >= 0.6 is 22.9 Å². The highest BCUT2D eigenvalue weighted by Gasteiger charge is 2.45. The lowest BCUT2D eigenvalue weighted by molar-refractivity contribution is -0.117. The number of aliphatic hydroxyl groups is 1. The van der Waals surface area contributed by atoms with Gasteiger partial charge in [0.2, 0.25) is 0 Å². The number of rotatable bonds is 6. The largest absolute Gasteiger partial charge is 0.503 e. The van der Waals surface area contributed by atoms with Gasteiger partial charge in [-0.2, -0.15) is 0 Å². The minimum absolute atomic E-state index is 0.0831. The second-order valence-electron chi connectivity index (χ2n) is 8.17. The highest BCUT2D eigenvalue weighted by Crippen LogP contribution is 2.44. The molecule has 0 radical (unpaired) electrons. The number of hydrogen-bond acceptors (Lipinski definition) is 7. The molecule has 7 nitrogen and oxygen atoms in total. The molecule has 1 aromatic heterocycles. The standard InChI is InChI=1S/C28H19ClN2O5S/c1-36-27(35)18-10-8-17(9-11-18)24-23(21(32)14-7-16-5-3-2-4-6-16)25(33)26(34)31(24)28-30-20-13-12-19(29)15-22(20)37-28/h2-15,24,33H,1H3/b14-7+. The molecule has 184 valence electrons. The molecule has 1 amide bonds. The second kappa shape index (κ2) is 10.0. The van der Waals surface area contributed by atoms with Crippen LogP contribution in [-0.2, 0) is 14.3 Å². The van der Waals surface area contributed by atoms with Crippen molar-refractivity contribution in [1.82, 2.24) is 4.98 Å². The Kier molecular flexibility index (Phi) is 6.60. The van der Waals surface area contributed by atoms with Crippen LogP contribution in [0.25, 0.3) is 16.3 Å². The third kappa shape index (κ3) is 4.64. The van der Waals surface area contributed by atoms with Crippen molar-refractivity contribution in [2.24, 2.45) is 0 Å². The van der Waals surface area contributed by atoms with Crippen LogP contribution in [0.2, 0.25) is 5.02 Å². The van der Waals surface area contributed by atoms with E-state index in [0.717, 1.165) is 10.3 Å². The maximum absolute atomic E-state index is 13.4. The van der Waals surface area contributed by atoms with Crippen LogP contribution in [0.4, 0.5) is 5.13 Å². The average Bonchev–Trinajstić information content (AvgIpc) is 3.45. The van der Waals surface area contributed by atoms with Gasteiger partial charge in [0.05, 0.1) is 34.5 Å². The summed E-state index contributed by atoms with van der Waals surface area (Å²) in [5.74, 6) is -2.44. The molecule has 9 heteroatoms. The number of fused-ring (bicyclic) bond motifs is 1. The number of aromatic nitrogens is 1. The lowest BCUT2D eigenvalue weighted by atomic mass is 9.95. The van der Waals surface area contributed by atoms with Crippen molar-refractivity contribution in [2.75, 3.05) is 12.0 Å². The first kappa shape index (κ1) is 24.4. The number of hydrogen-bond donors (Lipinski definition) is 1. The van der Waals surface area contributed by atoms with Crippen LogP contribution in [-0.4, -0.2) is 34.9 Å². The van der Waals surface area contributed by atoms with Crippen LogP contribution in [0.3, 0.4) is 0 Å². The summed E-state index contributed by atoms with van der Waals surface area (Å²) < 4.78 is 5.52. The van der Waals surface area contributed by atoms with Gasteiger partial charge in [-0.05, 0) is 47.5 Å². The second-order valence-corrected chi connectivity index (χ2v) is 9.62. The molecule has 1 aliphatic rings. The number of benzene rings is 3. The summed E-state index contributed by atoms with van der Waals surface area (Å²) in [7, 11) is 1.28. The normalized spacial score (nSPS) is 15.7. The molecule has 5 rings (SSSR count). The van der Waals surface area contributed by atoms with Crippen molar-refractivity contribution in [3.8, 4) is 0 Å². The van der Waals surface area contributed by atoms with Gasteiger partial charge in [0.15, 0.2) is 16.7 Å². The van der Waals surface area contributed by atoms with Gasteiger partial charge in [-0.3, -0.25) is 14.5 Å². The number of ether oxygens (including phenoxy) is 1. The summed E-state index contributed by atoms with van der Waals surface area (Å²) >= 11 is 7.34. The topological polar surface area (TPSA) is 96.8 Å². The molecule has 0 saturated carbocycles. The van der Waals surface area contributed by atoms with Crippen molar-refractivity contribution in [1.29, 1.82) is 0 Å². The zero-order valence-corrected chi connectivity index (χ0v) is 21.0. The van der Waals surface area contributed by atoms with E-state index in [1.165, 1.54) is 29.4 Å². The molecular weight excluding hydrogens is 512 g/mol. The molecule has 1 N–H and O–H groups in total. The van der Waals surface area contributed by atoms with Gasteiger partial charge in [-0.1, -0.05) is 71.5 Å². The number of carbonyl (C=O) groups is 3. The summed E-state index contributed by atoms with van der Waals surface area (Å²) in [5.41, 5.74) is 2.15. The van der Waals surface area contributed by atoms with E-state index in [2.05, 4.69) is 4.98 Å². The Balaban J connectivity index is 1.60. The van der Waals surface area contributed by atoms with Crippen molar-refractivity contribution in [3.05, 3.63) is 112 Å². The van der Waals surface area contributed by atoms with E-state index < -0.39 is 29.5 Å². The summed E-state index contributed by atoms with van der Waals surface area (Å²) in [4.78, 5) is 44.5. The quantitative estimate of drug-likeness (QED) is 0.245. The predicted molar refractivity (Wildman–Crippen MR) is 143 cm³/mol. The number of amides is 1. The SMILES string of the molecule is COC(=O)c1ccc(C2C(C(=O)/C=C/c3ccccc3)=C(O)C(=O)N2c2nc3ccc(Cl)cc3s2)cc1. The first-order valence-corrected chi connectivity index (χ1v) is 12.4. The number of nitrogens with zero attached hydrogens (tertiary/aromatic N) is 2. The van der Waals surface area contributed by atoms with Gasteiger partial charge in [0.1, 0.15) is 0 Å². The first-order valence-electron chi connectivity index (χ1n) is 11.2.